The van der Waals surface area contributed by atoms with Crippen molar-refractivity contribution < 1.29 is 12.8 Å². The van der Waals surface area contributed by atoms with Gasteiger partial charge >= 0.3 is 0 Å². The van der Waals surface area contributed by atoms with Gasteiger partial charge in [-0.3, -0.25) is 0 Å². The van der Waals surface area contributed by atoms with Gasteiger partial charge < -0.3 is 0 Å². The summed E-state index contributed by atoms with van der Waals surface area (Å²) in [4.78, 5) is 0. The Morgan fingerprint density at radius 2 is 2.12 bits per heavy atom. The van der Waals surface area contributed by atoms with Gasteiger partial charge in [0.15, 0.2) is 0 Å². The SMILES string of the molecule is CCCCS(=O)(=O)NCc1cc(Cl)ccc1F. The van der Waals surface area contributed by atoms with E-state index in [1.54, 1.807) is 0 Å². The van der Waals surface area contributed by atoms with Gasteiger partial charge in [-0.2, -0.15) is 0 Å². The van der Waals surface area contributed by atoms with Crippen molar-refractivity contribution in [1.82, 2.24) is 4.72 Å². The monoisotopic (exact) mass is 279 g/mol. The molecule has 0 heterocycles. The molecule has 0 radical (unpaired) electrons. The molecular weight excluding hydrogens is 265 g/mol. The molecule has 1 aromatic rings. The van der Waals surface area contributed by atoms with Gasteiger partial charge in [0.05, 0.1) is 5.75 Å². The molecule has 0 aromatic heterocycles. The summed E-state index contributed by atoms with van der Waals surface area (Å²) in [7, 11) is -3.33. The number of nitrogens with one attached hydrogen (secondary N) is 1. The summed E-state index contributed by atoms with van der Waals surface area (Å²) in [5.41, 5.74) is 0.248. The van der Waals surface area contributed by atoms with Crippen molar-refractivity contribution in [3.8, 4) is 0 Å². The molecule has 0 aliphatic rings. The largest absolute Gasteiger partial charge is 0.212 e. The van der Waals surface area contributed by atoms with Gasteiger partial charge in [0, 0.05) is 17.1 Å². The maximum absolute atomic E-state index is 13.3. The third kappa shape index (κ3) is 5.02. The molecule has 96 valence electrons. The quantitative estimate of drug-likeness (QED) is 0.870. The molecule has 0 bridgehead atoms. The van der Waals surface area contributed by atoms with E-state index in [0.29, 0.717) is 11.4 Å². The zero-order valence-corrected chi connectivity index (χ0v) is 11.1. The first kappa shape index (κ1) is 14.4. The van der Waals surface area contributed by atoms with Crippen LogP contribution < -0.4 is 4.72 Å². The Bertz CT molecular complexity index is 476. The van der Waals surface area contributed by atoms with Crippen LogP contribution in [0.4, 0.5) is 4.39 Å². The molecule has 0 atom stereocenters. The number of benzene rings is 1. The lowest BCUT2D eigenvalue weighted by molar-refractivity contribution is 0.571. The van der Waals surface area contributed by atoms with Gasteiger partial charge in [-0.15, -0.1) is 0 Å². The Morgan fingerprint density at radius 3 is 2.76 bits per heavy atom. The first-order chi connectivity index (χ1) is 7.94. The van der Waals surface area contributed by atoms with Crippen molar-refractivity contribution in [2.75, 3.05) is 5.75 Å². The predicted octanol–water partition coefficient (Wildman–Crippen LogP) is 2.70. The lowest BCUT2D eigenvalue weighted by Gasteiger charge is -2.07. The second kappa shape index (κ2) is 6.33. The van der Waals surface area contributed by atoms with Crippen LogP contribution in [-0.4, -0.2) is 14.2 Å². The fraction of sp³-hybridized carbons (Fsp3) is 0.455. The molecule has 0 aliphatic heterocycles. The highest BCUT2D eigenvalue weighted by molar-refractivity contribution is 7.89. The summed E-state index contributed by atoms with van der Waals surface area (Å²) in [5, 5.41) is 0.383. The van der Waals surface area contributed by atoms with E-state index >= 15 is 0 Å². The Balaban J connectivity index is 2.64. The summed E-state index contributed by atoms with van der Waals surface area (Å²) in [6, 6.07) is 4.06. The summed E-state index contributed by atoms with van der Waals surface area (Å²) >= 11 is 5.71. The molecule has 0 amide bonds. The Kier molecular flexibility index (Phi) is 5.36. The summed E-state index contributed by atoms with van der Waals surface area (Å²) in [5.74, 6) is -0.404. The average Bonchev–Trinajstić information content (AvgIpc) is 2.28. The topological polar surface area (TPSA) is 46.2 Å². The molecule has 3 nitrogen and oxygen atoms in total. The van der Waals surface area contributed by atoms with Crippen LogP contribution in [0.1, 0.15) is 25.3 Å². The zero-order chi connectivity index (χ0) is 12.9. The first-order valence-electron chi connectivity index (χ1n) is 5.36. The van der Waals surface area contributed by atoms with E-state index in [4.69, 9.17) is 11.6 Å². The summed E-state index contributed by atoms with van der Waals surface area (Å²) in [6.07, 6.45) is 1.39. The van der Waals surface area contributed by atoms with Gasteiger partial charge in [-0.05, 0) is 24.6 Å². The van der Waals surface area contributed by atoms with Crippen molar-refractivity contribution in [3.05, 3.63) is 34.6 Å². The van der Waals surface area contributed by atoms with Crippen LogP contribution in [0.15, 0.2) is 18.2 Å². The highest BCUT2D eigenvalue weighted by Gasteiger charge is 2.11. The van der Waals surface area contributed by atoms with Crippen LogP contribution in [-0.2, 0) is 16.6 Å². The Morgan fingerprint density at radius 1 is 1.41 bits per heavy atom. The minimum Gasteiger partial charge on any atom is -0.212 e. The van der Waals surface area contributed by atoms with E-state index in [2.05, 4.69) is 4.72 Å². The molecule has 0 saturated heterocycles. The van der Waals surface area contributed by atoms with Crippen molar-refractivity contribution in [3.63, 3.8) is 0 Å². The van der Waals surface area contributed by atoms with Gasteiger partial charge in [-0.25, -0.2) is 17.5 Å². The van der Waals surface area contributed by atoms with Gasteiger partial charge in [0.1, 0.15) is 5.82 Å². The third-order valence-electron chi connectivity index (χ3n) is 2.26. The van der Waals surface area contributed by atoms with Crippen LogP contribution in [0.3, 0.4) is 0 Å². The maximum Gasteiger partial charge on any atom is 0.211 e. The lowest BCUT2D eigenvalue weighted by atomic mass is 10.2. The van der Waals surface area contributed by atoms with Crippen LogP contribution in [0.2, 0.25) is 5.02 Å². The van der Waals surface area contributed by atoms with Crippen LogP contribution in [0, 0.1) is 5.82 Å². The number of hydrogen-bond donors (Lipinski definition) is 1. The number of halogens is 2. The second-order valence-electron chi connectivity index (χ2n) is 3.73. The Labute approximate surface area is 106 Å². The molecule has 1 rings (SSSR count). The average molecular weight is 280 g/mol. The minimum absolute atomic E-state index is 0.0612. The van der Waals surface area contributed by atoms with Gasteiger partial charge in [-0.1, -0.05) is 24.9 Å². The molecule has 0 spiro atoms. The molecule has 17 heavy (non-hydrogen) atoms. The number of rotatable bonds is 6. The molecule has 0 fully saturated rings. The first-order valence-corrected chi connectivity index (χ1v) is 7.39. The summed E-state index contributed by atoms with van der Waals surface area (Å²) in [6.45, 7) is 1.84. The molecule has 0 saturated carbocycles. The fourth-order valence-electron chi connectivity index (χ4n) is 1.27. The Hall–Kier alpha value is -0.650. The maximum atomic E-state index is 13.3. The number of unbranched alkanes of at least 4 members (excludes halogenated alkanes) is 1. The van der Waals surface area contributed by atoms with E-state index in [1.807, 2.05) is 6.92 Å². The predicted molar refractivity (Wildman–Crippen MR) is 66.9 cm³/mol. The van der Waals surface area contributed by atoms with Crippen LogP contribution >= 0.6 is 11.6 Å². The lowest BCUT2D eigenvalue weighted by Crippen LogP contribution is -2.26. The molecule has 1 N–H and O–H groups in total. The van der Waals surface area contributed by atoms with Crippen molar-refractivity contribution >= 4 is 21.6 Å². The second-order valence-corrected chi connectivity index (χ2v) is 6.09. The van der Waals surface area contributed by atoms with E-state index in [9.17, 15) is 12.8 Å². The van der Waals surface area contributed by atoms with Crippen molar-refractivity contribution in [1.29, 1.82) is 0 Å². The van der Waals surface area contributed by atoms with E-state index < -0.39 is 15.8 Å². The van der Waals surface area contributed by atoms with Crippen LogP contribution in [0.5, 0.6) is 0 Å². The van der Waals surface area contributed by atoms with E-state index in [0.717, 1.165) is 6.42 Å². The fourth-order valence-corrected chi connectivity index (χ4v) is 2.66. The van der Waals surface area contributed by atoms with Gasteiger partial charge in [0.25, 0.3) is 0 Å². The number of hydrogen-bond acceptors (Lipinski definition) is 2. The van der Waals surface area contributed by atoms with Crippen LogP contribution in [0.25, 0.3) is 0 Å². The normalized spacial score (nSPS) is 11.7. The molecule has 0 unspecified atom stereocenters. The van der Waals surface area contributed by atoms with E-state index in [-0.39, 0.29) is 17.9 Å². The highest BCUT2D eigenvalue weighted by atomic mass is 35.5. The standard InChI is InChI=1S/C11H15ClFNO2S/c1-2-3-6-17(15,16)14-8-9-7-10(12)4-5-11(9)13/h4-5,7,14H,2-3,6,8H2,1H3. The smallest absolute Gasteiger partial charge is 0.211 e. The number of sulfonamides is 1. The minimum atomic E-state index is -3.33. The molecule has 1 aromatic carbocycles. The van der Waals surface area contributed by atoms with Gasteiger partial charge in [0.2, 0.25) is 10.0 Å². The zero-order valence-electron chi connectivity index (χ0n) is 9.54. The molecular formula is C11H15ClFNO2S. The highest BCUT2D eigenvalue weighted by Crippen LogP contribution is 2.14. The van der Waals surface area contributed by atoms with Crippen molar-refractivity contribution in [2.45, 2.75) is 26.3 Å². The van der Waals surface area contributed by atoms with Crippen molar-refractivity contribution in [2.24, 2.45) is 0 Å². The third-order valence-corrected chi connectivity index (χ3v) is 3.90. The van der Waals surface area contributed by atoms with E-state index in [1.165, 1.54) is 18.2 Å². The summed E-state index contributed by atoms with van der Waals surface area (Å²) < 4.78 is 38.6. The molecule has 0 aliphatic carbocycles. The molecule has 6 heteroatoms.